The van der Waals surface area contributed by atoms with E-state index in [4.69, 9.17) is 0 Å². The molecule has 0 aromatic heterocycles. The van der Waals surface area contributed by atoms with E-state index < -0.39 is 0 Å². The highest BCUT2D eigenvalue weighted by Crippen LogP contribution is 2.05. The highest BCUT2D eigenvalue weighted by Gasteiger charge is 2.26. The fourth-order valence-corrected chi connectivity index (χ4v) is 1.32. The van der Waals surface area contributed by atoms with Crippen LogP contribution in [0.4, 0.5) is 0 Å². The van der Waals surface area contributed by atoms with Gasteiger partial charge in [0, 0.05) is 13.0 Å². The summed E-state index contributed by atoms with van der Waals surface area (Å²) in [5.74, 6) is -0.0602. The molecule has 0 unspecified atom stereocenters. The molecule has 4 nitrogen and oxygen atoms in total. The summed E-state index contributed by atoms with van der Waals surface area (Å²) < 4.78 is 0. The van der Waals surface area contributed by atoms with Gasteiger partial charge in [-0.05, 0) is 12.8 Å². The van der Waals surface area contributed by atoms with E-state index in [1.807, 2.05) is 0 Å². The molecule has 1 rings (SSSR count). The average molecular weight is 184 g/mol. The van der Waals surface area contributed by atoms with E-state index in [1.54, 1.807) is 0 Å². The van der Waals surface area contributed by atoms with Crippen molar-refractivity contribution in [1.82, 2.24) is 10.6 Å². The second kappa shape index (κ2) is 4.84. The van der Waals surface area contributed by atoms with Crippen LogP contribution in [0.1, 0.15) is 32.6 Å². The molecule has 0 aliphatic carbocycles. The lowest BCUT2D eigenvalue weighted by Gasteiger charge is -2.09. The first-order valence-electron chi connectivity index (χ1n) is 4.81. The average Bonchev–Trinajstić information content (AvgIpc) is 2.52. The summed E-state index contributed by atoms with van der Waals surface area (Å²) in [6.07, 6.45) is 3.17. The molecule has 1 saturated heterocycles. The van der Waals surface area contributed by atoms with E-state index in [2.05, 4.69) is 17.6 Å². The van der Waals surface area contributed by atoms with Crippen molar-refractivity contribution in [2.75, 3.05) is 6.54 Å². The van der Waals surface area contributed by atoms with Crippen molar-refractivity contribution < 1.29 is 9.59 Å². The van der Waals surface area contributed by atoms with Crippen molar-refractivity contribution in [3.63, 3.8) is 0 Å². The highest BCUT2D eigenvalue weighted by atomic mass is 16.2. The van der Waals surface area contributed by atoms with Crippen LogP contribution in [0.3, 0.4) is 0 Å². The predicted octanol–water partition coefficient (Wildman–Crippen LogP) is 0.181. The molecule has 0 aromatic rings. The van der Waals surface area contributed by atoms with E-state index in [9.17, 15) is 9.59 Å². The normalized spacial score (nSPS) is 21.3. The number of hydrogen-bond acceptors (Lipinski definition) is 2. The minimum Gasteiger partial charge on any atom is -0.354 e. The van der Waals surface area contributed by atoms with Gasteiger partial charge in [-0.3, -0.25) is 9.59 Å². The number of carbonyl (C=O) groups excluding carboxylic acids is 2. The van der Waals surface area contributed by atoms with Crippen molar-refractivity contribution in [1.29, 1.82) is 0 Å². The van der Waals surface area contributed by atoms with Crippen molar-refractivity contribution in [2.45, 2.75) is 38.6 Å². The maximum Gasteiger partial charge on any atom is 0.242 e. The first kappa shape index (κ1) is 10.0. The van der Waals surface area contributed by atoms with Crippen LogP contribution in [0.5, 0.6) is 0 Å². The number of unbranched alkanes of at least 4 members (excludes halogenated alkanes) is 1. The molecular weight excluding hydrogens is 168 g/mol. The standard InChI is InChI=1S/C9H16N2O2/c1-2-3-6-10-9(13)7-4-5-8(12)11-7/h7H,2-6H2,1H3,(H,10,13)(H,11,12)/t7-/m0/s1. The van der Waals surface area contributed by atoms with Gasteiger partial charge in [-0.15, -0.1) is 0 Å². The Morgan fingerprint density at radius 2 is 2.46 bits per heavy atom. The number of rotatable bonds is 4. The Kier molecular flexibility index (Phi) is 3.73. The van der Waals surface area contributed by atoms with Crippen molar-refractivity contribution in [3.8, 4) is 0 Å². The Balaban J connectivity index is 2.20. The van der Waals surface area contributed by atoms with Crippen LogP contribution >= 0.6 is 0 Å². The Hall–Kier alpha value is -1.06. The molecule has 1 aliphatic heterocycles. The van der Waals surface area contributed by atoms with Crippen molar-refractivity contribution in [3.05, 3.63) is 0 Å². The minimum absolute atomic E-state index is 0.0179. The number of amides is 2. The Morgan fingerprint density at radius 3 is 3.00 bits per heavy atom. The summed E-state index contributed by atoms with van der Waals surface area (Å²) in [5, 5.41) is 5.42. The second-order valence-corrected chi connectivity index (χ2v) is 3.30. The zero-order valence-electron chi connectivity index (χ0n) is 7.93. The number of nitrogens with one attached hydrogen (secondary N) is 2. The van der Waals surface area contributed by atoms with E-state index in [1.165, 1.54) is 0 Å². The fraction of sp³-hybridized carbons (Fsp3) is 0.778. The third-order valence-electron chi connectivity index (χ3n) is 2.14. The molecule has 0 aromatic carbocycles. The van der Waals surface area contributed by atoms with Crippen LogP contribution in [0, 0.1) is 0 Å². The molecule has 0 saturated carbocycles. The third kappa shape index (κ3) is 3.05. The van der Waals surface area contributed by atoms with Crippen LogP contribution in [-0.2, 0) is 9.59 Å². The monoisotopic (exact) mass is 184 g/mol. The summed E-state index contributed by atoms with van der Waals surface area (Å²) in [6, 6.07) is -0.288. The molecule has 2 amide bonds. The van der Waals surface area contributed by atoms with Gasteiger partial charge in [0.2, 0.25) is 11.8 Å². The van der Waals surface area contributed by atoms with Gasteiger partial charge in [0.15, 0.2) is 0 Å². The van der Waals surface area contributed by atoms with Crippen molar-refractivity contribution >= 4 is 11.8 Å². The zero-order chi connectivity index (χ0) is 9.68. The molecule has 1 fully saturated rings. The zero-order valence-corrected chi connectivity index (χ0v) is 7.93. The Labute approximate surface area is 78.1 Å². The van der Waals surface area contributed by atoms with Crippen LogP contribution < -0.4 is 10.6 Å². The van der Waals surface area contributed by atoms with Crippen LogP contribution in [0.15, 0.2) is 0 Å². The van der Waals surface area contributed by atoms with Gasteiger partial charge >= 0.3 is 0 Å². The predicted molar refractivity (Wildman–Crippen MR) is 49.1 cm³/mol. The molecule has 0 bridgehead atoms. The Bertz CT molecular complexity index is 204. The maximum atomic E-state index is 11.3. The molecule has 4 heteroatoms. The lowest BCUT2D eigenvalue weighted by Crippen LogP contribution is -2.41. The first-order valence-corrected chi connectivity index (χ1v) is 4.81. The molecule has 1 heterocycles. The van der Waals surface area contributed by atoms with Gasteiger partial charge in [-0.1, -0.05) is 13.3 Å². The SMILES string of the molecule is CCCCNC(=O)[C@@H]1CCC(=O)N1. The van der Waals surface area contributed by atoms with Crippen molar-refractivity contribution in [2.24, 2.45) is 0 Å². The molecule has 2 N–H and O–H groups in total. The van der Waals surface area contributed by atoms with E-state index >= 15 is 0 Å². The topological polar surface area (TPSA) is 58.2 Å². The van der Waals surface area contributed by atoms with Gasteiger partial charge in [0.25, 0.3) is 0 Å². The van der Waals surface area contributed by atoms with Gasteiger partial charge in [0.1, 0.15) is 6.04 Å². The quantitative estimate of drug-likeness (QED) is 0.612. The number of hydrogen-bond donors (Lipinski definition) is 2. The van der Waals surface area contributed by atoms with Gasteiger partial charge in [0.05, 0.1) is 0 Å². The summed E-state index contributed by atoms with van der Waals surface area (Å²) in [4.78, 5) is 22.1. The van der Waals surface area contributed by atoms with Gasteiger partial charge in [-0.2, -0.15) is 0 Å². The molecule has 1 aliphatic rings. The van der Waals surface area contributed by atoms with Crippen LogP contribution in [-0.4, -0.2) is 24.4 Å². The lowest BCUT2D eigenvalue weighted by molar-refractivity contribution is -0.125. The smallest absolute Gasteiger partial charge is 0.242 e. The fourth-order valence-electron chi connectivity index (χ4n) is 1.32. The largest absolute Gasteiger partial charge is 0.354 e. The second-order valence-electron chi connectivity index (χ2n) is 3.30. The number of carbonyl (C=O) groups is 2. The summed E-state index contributed by atoms with van der Waals surface area (Å²) in [6.45, 7) is 2.78. The summed E-state index contributed by atoms with van der Waals surface area (Å²) in [7, 11) is 0. The Morgan fingerprint density at radius 1 is 1.69 bits per heavy atom. The summed E-state index contributed by atoms with van der Waals surface area (Å²) >= 11 is 0. The molecule has 0 radical (unpaired) electrons. The third-order valence-corrected chi connectivity index (χ3v) is 2.14. The maximum absolute atomic E-state index is 11.3. The summed E-state index contributed by atoms with van der Waals surface area (Å²) in [5.41, 5.74) is 0. The van der Waals surface area contributed by atoms with E-state index in [0.29, 0.717) is 19.4 Å². The van der Waals surface area contributed by atoms with Crippen LogP contribution in [0.25, 0.3) is 0 Å². The van der Waals surface area contributed by atoms with Gasteiger partial charge in [-0.25, -0.2) is 0 Å². The van der Waals surface area contributed by atoms with Gasteiger partial charge < -0.3 is 10.6 Å². The van der Waals surface area contributed by atoms with Crippen LogP contribution in [0.2, 0.25) is 0 Å². The first-order chi connectivity index (χ1) is 6.24. The van der Waals surface area contributed by atoms with E-state index in [-0.39, 0.29) is 17.9 Å². The molecular formula is C9H16N2O2. The molecule has 74 valence electrons. The molecule has 13 heavy (non-hydrogen) atoms. The molecule has 0 spiro atoms. The van der Waals surface area contributed by atoms with E-state index in [0.717, 1.165) is 12.8 Å². The lowest BCUT2D eigenvalue weighted by atomic mass is 10.2. The molecule has 1 atom stereocenters. The highest BCUT2D eigenvalue weighted by molar-refractivity contribution is 5.90. The minimum atomic E-state index is -0.288.